The fraction of sp³-hybridized carbons (Fsp3) is 0.348. The average molecular weight is 435 g/mol. The lowest BCUT2D eigenvalue weighted by Gasteiger charge is -2.33. The maximum absolute atomic E-state index is 13.9. The number of nitrogens with zero attached hydrogens (tertiary/aromatic N) is 5. The van der Waals surface area contributed by atoms with Crippen molar-refractivity contribution in [1.82, 2.24) is 24.8 Å². The monoisotopic (exact) mass is 434 g/mol. The Bertz CT molecular complexity index is 1260. The van der Waals surface area contributed by atoms with Crippen LogP contribution in [-0.2, 0) is 4.79 Å². The highest BCUT2D eigenvalue weighted by atomic mass is 35.5. The molecule has 6 rings (SSSR count). The van der Waals surface area contributed by atoms with Crippen molar-refractivity contribution < 1.29 is 4.79 Å². The molecule has 1 fully saturated rings. The summed E-state index contributed by atoms with van der Waals surface area (Å²) in [4.78, 5) is 18.1. The van der Waals surface area contributed by atoms with Crippen LogP contribution in [0.2, 0.25) is 5.02 Å². The Kier molecular flexibility index (Phi) is 3.90. The summed E-state index contributed by atoms with van der Waals surface area (Å²) in [6.07, 6.45) is 4.34. The largest absolute Gasteiger partial charge is 0.365 e. The standard InChI is InChI=1S/C23H23ClN6O/c1-12-10-18(11-28-14(3)26-27-22(12)28)30-20(15-4-6-16(24)7-5-15)19-21(23(30)31)29(13(2)25-19)17-8-9-17/h4-7,10-11,13,17,20,25H,8-9H2,1-3H3. The summed E-state index contributed by atoms with van der Waals surface area (Å²) >= 11 is 6.17. The molecule has 7 nitrogen and oxygen atoms in total. The second-order valence-electron chi connectivity index (χ2n) is 8.67. The summed E-state index contributed by atoms with van der Waals surface area (Å²) in [6, 6.07) is 10.0. The van der Waals surface area contributed by atoms with Gasteiger partial charge in [0.1, 0.15) is 17.6 Å². The number of hydrogen-bond acceptors (Lipinski definition) is 5. The molecule has 0 bridgehead atoms. The molecule has 2 aliphatic heterocycles. The zero-order valence-electron chi connectivity index (χ0n) is 17.6. The number of carbonyl (C=O) groups is 1. The molecular weight excluding hydrogens is 412 g/mol. The van der Waals surface area contributed by atoms with Crippen molar-refractivity contribution in [2.24, 2.45) is 0 Å². The van der Waals surface area contributed by atoms with Gasteiger partial charge in [0.05, 0.1) is 17.6 Å². The summed E-state index contributed by atoms with van der Waals surface area (Å²) in [5.41, 5.74) is 5.42. The van der Waals surface area contributed by atoms with Crippen LogP contribution in [-0.4, -0.2) is 37.6 Å². The van der Waals surface area contributed by atoms with E-state index >= 15 is 0 Å². The minimum atomic E-state index is -0.236. The summed E-state index contributed by atoms with van der Waals surface area (Å²) in [5.74, 6) is 0.824. The van der Waals surface area contributed by atoms with Gasteiger partial charge in [0.15, 0.2) is 5.65 Å². The number of hydrogen-bond donors (Lipinski definition) is 1. The molecule has 0 saturated heterocycles. The van der Waals surface area contributed by atoms with E-state index in [0.29, 0.717) is 11.1 Å². The molecule has 31 heavy (non-hydrogen) atoms. The van der Waals surface area contributed by atoms with Crippen LogP contribution < -0.4 is 10.2 Å². The Morgan fingerprint density at radius 3 is 2.58 bits per heavy atom. The number of nitrogens with one attached hydrogen (secondary N) is 1. The van der Waals surface area contributed by atoms with E-state index < -0.39 is 0 Å². The van der Waals surface area contributed by atoms with Crippen molar-refractivity contribution in [2.45, 2.75) is 51.9 Å². The maximum Gasteiger partial charge on any atom is 0.277 e. The molecule has 8 heteroatoms. The number of fused-ring (bicyclic) bond motifs is 1. The summed E-state index contributed by atoms with van der Waals surface area (Å²) in [5, 5.41) is 12.8. The fourth-order valence-corrected chi connectivity index (χ4v) is 5.08. The zero-order chi connectivity index (χ0) is 21.4. The Morgan fingerprint density at radius 2 is 1.87 bits per heavy atom. The first kappa shape index (κ1) is 18.7. The van der Waals surface area contributed by atoms with Gasteiger partial charge < -0.3 is 10.2 Å². The number of amides is 1. The normalized spacial score (nSPS) is 23.2. The molecule has 2 unspecified atom stereocenters. The number of carbonyl (C=O) groups excluding carboxylic acids is 1. The van der Waals surface area contributed by atoms with Crippen molar-refractivity contribution in [3.8, 4) is 0 Å². The lowest BCUT2D eigenvalue weighted by molar-refractivity contribution is -0.116. The average Bonchev–Trinajstić information content (AvgIpc) is 3.34. The van der Waals surface area contributed by atoms with Crippen LogP contribution in [0.3, 0.4) is 0 Å². The summed E-state index contributed by atoms with van der Waals surface area (Å²) in [6.45, 7) is 6.05. The molecule has 2 aromatic heterocycles. The number of rotatable bonds is 3. The van der Waals surface area contributed by atoms with Crippen molar-refractivity contribution >= 4 is 28.8 Å². The van der Waals surface area contributed by atoms with E-state index in [1.165, 1.54) is 0 Å². The van der Waals surface area contributed by atoms with Gasteiger partial charge in [-0.15, -0.1) is 10.2 Å². The maximum atomic E-state index is 13.9. The molecule has 1 saturated carbocycles. The number of halogens is 1. The van der Waals surface area contributed by atoms with Gasteiger partial charge in [-0.25, -0.2) is 0 Å². The van der Waals surface area contributed by atoms with Crippen LogP contribution in [0.1, 0.15) is 42.8 Å². The minimum absolute atomic E-state index is 0.0307. The summed E-state index contributed by atoms with van der Waals surface area (Å²) in [7, 11) is 0. The quantitative estimate of drug-likeness (QED) is 0.680. The third-order valence-electron chi connectivity index (χ3n) is 6.50. The molecule has 4 heterocycles. The third kappa shape index (κ3) is 2.69. The first-order valence-corrected chi connectivity index (χ1v) is 11.0. The van der Waals surface area contributed by atoms with E-state index in [4.69, 9.17) is 11.6 Å². The molecule has 158 valence electrons. The Hall–Kier alpha value is -3.06. The molecule has 3 aliphatic rings. The van der Waals surface area contributed by atoms with Gasteiger partial charge in [-0.05, 0) is 62.9 Å². The summed E-state index contributed by atoms with van der Waals surface area (Å²) < 4.78 is 1.95. The number of aromatic nitrogens is 3. The van der Waals surface area contributed by atoms with Crippen molar-refractivity contribution in [3.63, 3.8) is 0 Å². The first-order chi connectivity index (χ1) is 14.9. The van der Waals surface area contributed by atoms with Crippen molar-refractivity contribution in [3.05, 3.63) is 69.9 Å². The van der Waals surface area contributed by atoms with Gasteiger partial charge in [-0.1, -0.05) is 23.7 Å². The van der Waals surface area contributed by atoms with Gasteiger partial charge in [-0.3, -0.25) is 14.1 Å². The second kappa shape index (κ2) is 6.47. The highest BCUT2D eigenvalue weighted by Crippen LogP contribution is 2.47. The Morgan fingerprint density at radius 1 is 1.13 bits per heavy atom. The lowest BCUT2D eigenvalue weighted by atomic mass is 10.0. The molecule has 1 amide bonds. The van der Waals surface area contributed by atoms with Crippen LogP contribution in [0, 0.1) is 13.8 Å². The molecular formula is C23H23ClN6O. The lowest BCUT2D eigenvalue weighted by Crippen LogP contribution is -2.44. The van der Waals surface area contributed by atoms with E-state index in [1.807, 2.05) is 59.7 Å². The van der Waals surface area contributed by atoms with Gasteiger partial charge in [0.25, 0.3) is 5.91 Å². The predicted octanol–water partition coefficient (Wildman–Crippen LogP) is 3.71. The van der Waals surface area contributed by atoms with Crippen LogP contribution >= 0.6 is 11.6 Å². The van der Waals surface area contributed by atoms with Gasteiger partial charge in [-0.2, -0.15) is 0 Å². The molecule has 0 spiro atoms. The number of aryl methyl sites for hydroxylation is 2. The van der Waals surface area contributed by atoms with E-state index in [2.05, 4.69) is 27.3 Å². The molecule has 3 aromatic rings. The molecule has 0 radical (unpaired) electrons. The topological polar surface area (TPSA) is 65.8 Å². The van der Waals surface area contributed by atoms with Crippen molar-refractivity contribution in [1.29, 1.82) is 0 Å². The van der Waals surface area contributed by atoms with Crippen LogP contribution in [0.4, 0.5) is 5.69 Å². The highest BCUT2D eigenvalue weighted by molar-refractivity contribution is 6.30. The Labute approximate surface area is 185 Å². The van der Waals surface area contributed by atoms with E-state index in [9.17, 15) is 4.79 Å². The van der Waals surface area contributed by atoms with E-state index in [1.54, 1.807) is 0 Å². The third-order valence-corrected chi connectivity index (χ3v) is 6.75. The first-order valence-electron chi connectivity index (χ1n) is 10.6. The fourth-order valence-electron chi connectivity index (χ4n) is 4.95. The molecule has 1 aromatic carbocycles. The predicted molar refractivity (Wildman–Crippen MR) is 119 cm³/mol. The highest BCUT2D eigenvalue weighted by Gasteiger charge is 2.51. The smallest absolute Gasteiger partial charge is 0.277 e. The number of pyridine rings is 1. The Balaban J connectivity index is 1.53. The molecule has 1 aliphatic carbocycles. The van der Waals surface area contributed by atoms with Crippen LogP contribution in [0.25, 0.3) is 5.65 Å². The van der Waals surface area contributed by atoms with Gasteiger partial charge in [0, 0.05) is 17.3 Å². The second-order valence-corrected chi connectivity index (χ2v) is 9.11. The van der Waals surface area contributed by atoms with Crippen molar-refractivity contribution in [2.75, 3.05) is 4.90 Å². The molecule has 1 N–H and O–H groups in total. The van der Waals surface area contributed by atoms with Crippen LogP contribution in [0.5, 0.6) is 0 Å². The zero-order valence-corrected chi connectivity index (χ0v) is 18.4. The van der Waals surface area contributed by atoms with Crippen LogP contribution in [0.15, 0.2) is 47.9 Å². The number of anilines is 1. The van der Waals surface area contributed by atoms with Gasteiger partial charge in [0.2, 0.25) is 0 Å². The number of benzene rings is 1. The molecule has 2 atom stereocenters. The van der Waals surface area contributed by atoms with Gasteiger partial charge >= 0.3 is 0 Å². The van der Waals surface area contributed by atoms with E-state index in [0.717, 1.165) is 52.5 Å². The minimum Gasteiger partial charge on any atom is -0.365 e. The SMILES string of the molecule is Cc1cc(N2C(=O)C3=C(NC(C)N3C3CC3)C2c2ccc(Cl)cc2)cn2c(C)nnc12. The van der Waals surface area contributed by atoms with E-state index in [-0.39, 0.29) is 18.1 Å².